The summed E-state index contributed by atoms with van der Waals surface area (Å²) in [4.78, 5) is 12.5. The zero-order chi connectivity index (χ0) is 13.8. The number of hydrogen-bond acceptors (Lipinski definition) is 3. The number of nitrogens with zero attached hydrogens (tertiary/aromatic N) is 3. The van der Waals surface area contributed by atoms with E-state index in [1.807, 2.05) is 7.05 Å². The Morgan fingerprint density at radius 1 is 1.42 bits per heavy atom. The summed E-state index contributed by atoms with van der Waals surface area (Å²) in [5.41, 5.74) is 1.14. The molecule has 1 aromatic heterocycles. The van der Waals surface area contributed by atoms with E-state index < -0.39 is 0 Å². The molecule has 0 atom stereocenters. The lowest BCUT2D eigenvalue weighted by Gasteiger charge is -2.32. The van der Waals surface area contributed by atoms with Crippen LogP contribution in [0.4, 0.5) is 0 Å². The number of hydrogen-bond donors (Lipinski definition) is 1. The Labute approximate surface area is 120 Å². The van der Waals surface area contributed by atoms with Gasteiger partial charge < -0.3 is 10.2 Å². The highest BCUT2D eigenvalue weighted by atomic mass is 32.1. The van der Waals surface area contributed by atoms with Gasteiger partial charge >= 0.3 is 0 Å². The van der Waals surface area contributed by atoms with Crippen molar-refractivity contribution in [2.75, 3.05) is 20.1 Å². The summed E-state index contributed by atoms with van der Waals surface area (Å²) in [5.74, 6) is 1.87. The van der Waals surface area contributed by atoms with E-state index in [4.69, 9.17) is 0 Å². The van der Waals surface area contributed by atoms with Crippen molar-refractivity contribution in [3.05, 3.63) is 15.6 Å². The molecule has 2 heterocycles. The maximum absolute atomic E-state index is 4.46. The van der Waals surface area contributed by atoms with E-state index in [9.17, 15) is 0 Å². The molecule has 0 radical (unpaired) electrons. The van der Waals surface area contributed by atoms with Crippen LogP contribution >= 0.6 is 11.3 Å². The van der Waals surface area contributed by atoms with E-state index in [1.165, 1.54) is 17.7 Å². The van der Waals surface area contributed by atoms with Crippen molar-refractivity contribution in [2.24, 2.45) is 10.9 Å². The zero-order valence-electron chi connectivity index (χ0n) is 12.4. The topological polar surface area (TPSA) is 40.5 Å². The molecule has 1 N–H and O–H groups in total. The molecule has 2 rings (SSSR count). The van der Waals surface area contributed by atoms with Crippen molar-refractivity contribution in [1.29, 1.82) is 0 Å². The van der Waals surface area contributed by atoms with E-state index in [0.29, 0.717) is 0 Å². The van der Waals surface area contributed by atoms with Gasteiger partial charge in [-0.2, -0.15) is 0 Å². The standard InChI is InChI=1S/C14H24N4S/c1-10-5-7-18(8-6-10)14(15-4)16-9-13-11(2)17-12(3)19-13/h10H,5-9H2,1-4H3,(H,15,16). The van der Waals surface area contributed by atoms with Crippen LogP contribution in [0.5, 0.6) is 0 Å². The quantitative estimate of drug-likeness (QED) is 0.668. The van der Waals surface area contributed by atoms with Crippen LogP contribution in [0, 0.1) is 19.8 Å². The molecule has 1 fully saturated rings. The van der Waals surface area contributed by atoms with E-state index in [-0.39, 0.29) is 0 Å². The highest BCUT2D eigenvalue weighted by Crippen LogP contribution is 2.18. The summed E-state index contributed by atoms with van der Waals surface area (Å²) >= 11 is 1.77. The minimum absolute atomic E-state index is 0.829. The molecule has 0 amide bonds. The number of nitrogens with one attached hydrogen (secondary N) is 1. The van der Waals surface area contributed by atoms with Crippen molar-refractivity contribution in [3.63, 3.8) is 0 Å². The summed E-state index contributed by atoms with van der Waals surface area (Å²) in [5, 5.41) is 4.61. The minimum Gasteiger partial charge on any atom is -0.351 e. The third-order valence-corrected chi connectivity index (χ3v) is 4.77. The predicted molar refractivity (Wildman–Crippen MR) is 81.8 cm³/mol. The van der Waals surface area contributed by atoms with E-state index in [1.54, 1.807) is 11.3 Å². The number of aromatic nitrogens is 1. The second kappa shape index (κ2) is 6.37. The summed E-state index contributed by atoms with van der Waals surface area (Å²) in [6.07, 6.45) is 2.53. The number of rotatable bonds is 2. The largest absolute Gasteiger partial charge is 0.351 e. The van der Waals surface area contributed by atoms with Crippen LogP contribution in [0.15, 0.2) is 4.99 Å². The monoisotopic (exact) mass is 280 g/mol. The number of piperidine rings is 1. The van der Waals surface area contributed by atoms with Gasteiger partial charge in [-0.1, -0.05) is 6.92 Å². The maximum Gasteiger partial charge on any atom is 0.193 e. The summed E-state index contributed by atoms with van der Waals surface area (Å²) in [7, 11) is 1.87. The molecule has 19 heavy (non-hydrogen) atoms. The molecule has 0 aliphatic carbocycles. The van der Waals surface area contributed by atoms with Crippen LogP contribution in [0.1, 0.15) is 35.3 Å². The normalized spacial score (nSPS) is 17.9. The lowest BCUT2D eigenvalue weighted by Crippen LogP contribution is -2.45. The Hall–Kier alpha value is -1.10. The van der Waals surface area contributed by atoms with Crippen LogP contribution in [-0.4, -0.2) is 36.0 Å². The van der Waals surface area contributed by atoms with Gasteiger partial charge in [-0.3, -0.25) is 4.99 Å². The van der Waals surface area contributed by atoms with Crippen molar-refractivity contribution in [1.82, 2.24) is 15.2 Å². The second-order valence-corrected chi connectivity index (χ2v) is 6.60. The van der Waals surface area contributed by atoms with Crippen LogP contribution in [0.3, 0.4) is 0 Å². The molecule has 5 heteroatoms. The van der Waals surface area contributed by atoms with Crippen LogP contribution < -0.4 is 5.32 Å². The van der Waals surface area contributed by atoms with E-state index in [2.05, 4.69) is 41.0 Å². The van der Waals surface area contributed by atoms with Gasteiger partial charge in [0, 0.05) is 25.0 Å². The highest BCUT2D eigenvalue weighted by Gasteiger charge is 2.18. The number of aryl methyl sites for hydroxylation is 2. The number of likely N-dealkylation sites (tertiary alicyclic amines) is 1. The lowest BCUT2D eigenvalue weighted by atomic mass is 10.00. The van der Waals surface area contributed by atoms with Crippen molar-refractivity contribution in [2.45, 2.75) is 40.2 Å². The number of aliphatic imine (C=N–C) groups is 1. The molecule has 1 aliphatic rings. The Balaban J connectivity index is 1.91. The average Bonchev–Trinajstić information content (AvgIpc) is 2.71. The van der Waals surface area contributed by atoms with Crippen molar-refractivity contribution < 1.29 is 0 Å². The summed E-state index contributed by atoms with van der Waals surface area (Å²) < 4.78 is 0. The fourth-order valence-corrected chi connectivity index (χ4v) is 3.33. The molecule has 106 valence electrons. The molecule has 0 aromatic carbocycles. The molecule has 0 unspecified atom stereocenters. The van der Waals surface area contributed by atoms with Gasteiger partial charge in [0.25, 0.3) is 0 Å². The first-order valence-corrected chi connectivity index (χ1v) is 7.80. The summed E-state index contributed by atoms with van der Waals surface area (Å²) in [6.45, 7) is 9.52. The van der Waals surface area contributed by atoms with E-state index >= 15 is 0 Å². The fraction of sp³-hybridized carbons (Fsp3) is 0.714. The number of thiazole rings is 1. The predicted octanol–water partition coefficient (Wildman–Crippen LogP) is 2.57. The first kappa shape index (κ1) is 14.3. The van der Waals surface area contributed by atoms with Gasteiger partial charge in [0.05, 0.1) is 17.2 Å². The number of guanidine groups is 1. The van der Waals surface area contributed by atoms with Gasteiger partial charge in [0.15, 0.2) is 5.96 Å². The second-order valence-electron chi connectivity index (χ2n) is 5.31. The van der Waals surface area contributed by atoms with Crippen LogP contribution in [0.25, 0.3) is 0 Å². The Bertz CT molecular complexity index is 444. The zero-order valence-corrected chi connectivity index (χ0v) is 13.2. The van der Waals surface area contributed by atoms with Crippen molar-refractivity contribution in [3.8, 4) is 0 Å². The maximum atomic E-state index is 4.46. The SMILES string of the molecule is CN=C(NCc1sc(C)nc1C)N1CCC(C)CC1. The minimum atomic E-state index is 0.829. The van der Waals surface area contributed by atoms with Gasteiger partial charge in [0.2, 0.25) is 0 Å². The Kier molecular flexibility index (Phi) is 4.80. The molecule has 1 saturated heterocycles. The molecule has 0 saturated carbocycles. The third kappa shape index (κ3) is 3.69. The van der Waals surface area contributed by atoms with E-state index in [0.717, 1.165) is 42.2 Å². The van der Waals surface area contributed by atoms with Crippen LogP contribution in [0.2, 0.25) is 0 Å². The smallest absolute Gasteiger partial charge is 0.193 e. The van der Waals surface area contributed by atoms with Gasteiger partial charge in [-0.25, -0.2) is 4.98 Å². The average molecular weight is 280 g/mol. The molecule has 0 bridgehead atoms. The lowest BCUT2D eigenvalue weighted by molar-refractivity contribution is 0.273. The first-order valence-electron chi connectivity index (χ1n) is 6.98. The van der Waals surface area contributed by atoms with Crippen molar-refractivity contribution >= 4 is 17.3 Å². The summed E-state index contributed by atoms with van der Waals surface area (Å²) in [6, 6.07) is 0. The molecular weight excluding hydrogens is 256 g/mol. The fourth-order valence-electron chi connectivity index (χ4n) is 2.45. The third-order valence-electron chi connectivity index (χ3n) is 3.70. The van der Waals surface area contributed by atoms with Gasteiger partial charge in [-0.15, -0.1) is 11.3 Å². The van der Waals surface area contributed by atoms with Gasteiger partial charge in [0.1, 0.15) is 0 Å². The highest BCUT2D eigenvalue weighted by molar-refractivity contribution is 7.11. The Morgan fingerprint density at radius 3 is 2.63 bits per heavy atom. The molecular formula is C14H24N4S. The Morgan fingerprint density at radius 2 is 2.11 bits per heavy atom. The molecule has 1 aliphatic heterocycles. The molecule has 0 spiro atoms. The first-order chi connectivity index (χ1) is 9.10. The van der Waals surface area contributed by atoms with Crippen LogP contribution in [-0.2, 0) is 6.54 Å². The molecule has 1 aromatic rings. The van der Waals surface area contributed by atoms with Gasteiger partial charge in [-0.05, 0) is 32.6 Å². The molecule has 4 nitrogen and oxygen atoms in total.